The Morgan fingerprint density at radius 2 is 2.00 bits per heavy atom. The topological polar surface area (TPSA) is 44.1 Å². The highest BCUT2D eigenvalue weighted by Gasteiger charge is 2.51. The first-order valence-electron chi connectivity index (χ1n) is 7.37. The molecule has 20 heavy (non-hydrogen) atoms. The molecule has 1 unspecified atom stereocenters. The minimum absolute atomic E-state index is 0.0112. The Bertz CT molecular complexity index is 581. The van der Waals surface area contributed by atoms with Crippen molar-refractivity contribution >= 4 is 11.6 Å². The minimum atomic E-state index is -0.774. The van der Waals surface area contributed by atoms with Gasteiger partial charge in [0.2, 0.25) is 5.91 Å². The maximum atomic E-state index is 12.9. The van der Waals surface area contributed by atoms with Crippen LogP contribution in [0.5, 0.6) is 0 Å². The molecule has 104 valence electrons. The van der Waals surface area contributed by atoms with Crippen molar-refractivity contribution in [3.63, 3.8) is 0 Å². The summed E-state index contributed by atoms with van der Waals surface area (Å²) < 4.78 is 0. The summed E-state index contributed by atoms with van der Waals surface area (Å²) >= 11 is 0. The highest BCUT2D eigenvalue weighted by atomic mass is 16.2. The molecule has 1 fully saturated rings. The Kier molecular flexibility index (Phi) is 3.05. The monoisotopic (exact) mass is 268 g/mol. The van der Waals surface area contributed by atoms with E-state index in [2.05, 4.69) is 26.0 Å². The smallest absolute Gasteiger partial charge is 0.247 e. The SMILES string of the molecule is CC1Cc2ccccc2N(C(=O)C2(C#N)CC(C)C2)C1. The quantitative estimate of drug-likeness (QED) is 0.785. The average molecular weight is 268 g/mol. The summed E-state index contributed by atoms with van der Waals surface area (Å²) in [4.78, 5) is 14.8. The van der Waals surface area contributed by atoms with E-state index in [0.717, 1.165) is 18.7 Å². The number of para-hydroxylation sites is 1. The molecule has 1 atom stereocenters. The van der Waals surface area contributed by atoms with Crippen LogP contribution in [0.4, 0.5) is 5.69 Å². The zero-order chi connectivity index (χ0) is 14.3. The third-order valence-electron chi connectivity index (χ3n) is 4.61. The van der Waals surface area contributed by atoms with Gasteiger partial charge in [0.25, 0.3) is 0 Å². The van der Waals surface area contributed by atoms with Crippen LogP contribution in [-0.4, -0.2) is 12.5 Å². The van der Waals surface area contributed by atoms with Gasteiger partial charge in [0, 0.05) is 12.2 Å². The van der Waals surface area contributed by atoms with Crippen LogP contribution in [0.1, 0.15) is 32.3 Å². The number of anilines is 1. The molecule has 1 aliphatic carbocycles. The Labute approximate surface area is 120 Å². The lowest BCUT2D eigenvalue weighted by molar-refractivity contribution is -0.131. The molecule has 1 saturated carbocycles. The molecule has 0 spiro atoms. The highest BCUT2D eigenvalue weighted by molar-refractivity contribution is 6.01. The van der Waals surface area contributed by atoms with Crippen LogP contribution < -0.4 is 4.90 Å². The van der Waals surface area contributed by atoms with Gasteiger partial charge in [0.05, 0.1) is 6.07 Å². The predicted molar refractivity (Wildman–Crippen MR) is 78.1 cm³/mol. The lowest BCUT2D eigenvalue weighted by Gasteiger charge is -2.44. The van der Waals surface area contributed by atoms with Crippen LogP contribution in [0.2, 0.25) is 0 Å². The maximum absolute atomic E-state index is 12.9. The van der Waals surface area contributed by atoms with Gasteiger partial charge >= 0.3 is 0 Å². The van der Waals surface area contributed by atoms with Crippen molar-refractivity contribution in [2.24, 2.45) is 17.3 Å². The predicted octanol–water partition coefficient (Wildman–Crippen LogP) is 3.15. The average Bonchev–Trinajstić information content (AvgIpc) is 2.42. The van der Waals surface area contributed by atoms with E-state index < -0.39 is 5.41 Å². The third-order valence-corrected chi connectivity index (χ3v) is 4.61. The van der Waals surface area contributed by atoms with E-state index in [1.165, 1.54) is 5.56 Å². The number of amides is 1. The lowest BCUT2D eigenvalue weighted by Crippen LogP contribution is -2.52. The molecule has 1 aromatic rings. The molecular formula is C17H20N2O. The van der Waals surface area contributed by atoms with Gasteiger partial charge in [-0.2, -0.15) is 5.26 Å². The Balaban J connectivity index is 1.95. The molecule has 0 bridgehead atoms. The molecule has 3 nitrogen and oxygen atoms in total. The molecule has 1 aromatic carbocycles. The van der Waals surface area contributed by atoms with Crippen molar-refractivity contribution in [2.45, 2.75) is 33.1 Å². The van der Waals surface area contributed by atoms with E-state index in [1.54, 1.807) is 0 Å². The number of fused-ring (bicyclic) bond motifs is 1. The van der Waals surface area contributed by atoms with Gasteiger partial charge in [0.1, 0.15) is 5.41 Å². The van der Waals surface area contributed by atoms with Crippen molar-refractivity contribution in [1.29, 1.82) is 5.26 Å². The molecule has 0 saturated heterocycles. The number of carbonyl (C=O) groups is 1. The summed E-state index contributed by atoms with van der Waals surface area (Å²) in [6, 6.07) is 10.4. The second-order valence-electron chi connectivity index (χ2n) is 6.56. The first-order chi connectivity index (χ1) is 9.55. The largest absolute Gasteiger partial charge is 0.310 e. The molecule has 1 aliphatic heterocycles. The fourth-order valence-corrected chi connectivity index (χ4v) is 3.69. The van der Waals surface area contributed by atoms with Gasteiger partial charge in [-0.15, -0.1) is 0 Å². The molecule has 0 aromatic heterocycles. The van der Waals surface area contributed by atoms with Gasteiger partial charge in [-0.1, -0.05) is 32.0 Å². The number of nitrogens with zero attached hydrogens (tertiary/aromatic N) is 2. The summed E-state index contributed by atoms with van der Waals surface area (Å²) in [6.45, 7) is 5.00. The van der Waals surface area contributed by atoms with E-state index in [0.29, 0.717) is 24.7 Å². The fraction of sp³-hybridized carbons (Fsp3) is 0.529. The summed E-state index contributed by atoms with van der Waals surface area (Å²) in [5, 5.41) is 9.47. The van der Waals surface area contributed by atoms with Gasteiger partial charge in [-0.05, 0) is 42.7 Å². The second-order valence-corrected chi connectivity index (χ2v) is 6.56. The summed E-state index contributed by atoms with van der Waals surface area (Å²) in [5.41, 5.74) is 1.45. The summed E-state index contributed by atoms with van der Waals surface area (Å²) in [5.74, 6) is 0.940. The number of benzene rings is 1. The molecular weight excluding hydrogens is 248 g/mol. The van der Waals surface area contributed by atoms with Crippen molar-refractivity contribution in [3.05, 3.63) is 29.8 Å². The molecule has 2 aliphatic rings. The standard InChI is InChI=1S/C17H20N2O/c1-12-7-14-5-3-4-6-15(14)19(10-12)16(20)17(11-18)8-13(2)9-17/h3-6,12-13H,7-10H2,1-2H3. The van der Waals surface area contributed by atoms with Crippen LogP contribution in [-0.2, 0) is 11.2 Å². The lowest BCUT2D eigenvalue weighted by atomic mass is 9.62. The van der Waals surface area contributed by atoms with Gasteiger partial charge < -0.3 is 4.90 Å². The minimum Gasteiger partial charge on any atom is -0.310 e. The normalized spacial score (nSPS) is 31.9. The van der Waals surface area contributed by atoms with Gasteiger partial charge in [0.15, 0.2) is 0 Å². The van der Waals surface area contributed by atoms with E-state index in [9.17, 15) is 10.1 Å². The van der Waals surface area contributed by atoms with E-state index >= 15 is 0 Å². The Morgan fingerprint density at radius 3 is 2.65 bits per heavy atom. The molecule has 1 amide bonds. The first kappa shape index (κ1) is 13.2. The molecule has 0 radical (unpaired) electrons. The number of hydrogen-bond acceptors (Lipinski definition) is 2. The number of hydrogen-bond donors (Lipinski definition) is 0. The van der Waals surface area contributed by atoms with Gasteiger partial charge in [-0.25, -0.2) is 0 Å². The molecule has 3 heteroatoms. The third kappa shape index (κ3) is 1.91. The molecule has 0 N–H and O–H groups in total. The Morgan fingerprint density at radius 1 is 1.30 bits per heavy atom. The van der Waals surface area contributed by atoms with Crippen LogP contribution in [0.25, 0.3) is 0 Å². The van der Waals surface area contributed by atoms with E-state index in [4.69, 9.17) is 0 Å². The van der Waals surface area contributed by atoms with Crippen LogP contribution in [0.3, 0.4) is 0 Å². The van der Waals surface area contributed by atoms with Crippen molar-refractivity contribution in [1.82, 2.24) is 0 Å². The van der Waals surface area contributed by atoms with Crippen molar-refractivity contribution in [2.75, 3.05) is 11.4 Å². The molecule has 3 rings (SSSR count). The van der Waals surface area contributed by atoms with E-state index in [1.807, 2.05) is 23.1 Å². The Hall–Kier alpha value is -1.82. The van der Waals surface area contributed by atoms with E-state index in [-0.39, 0.29) is 5.91 Å². The number of nitriles is 1. The van der Waals surface area contributed by atoms with Crippen molar-refractivity contribution in [3.8, 4) is 6.07 Å². The highest BCUT2D eigenvalue weighted by Crippen LogP contribution is 2.47. The first-order valence-corrected chi connectivity index (χ1v) is 7.37. The molecule has 1 heterocycles. The maximum Gasteiger partial charge on any atom is 0.247 e. The van der Waals surface area contributed by atoms with Crippen LogP contribution >= 0.6 is 0 Å². The summed E-state index contributed by atoms with van der Waals surface area (Å²) in [6.07, 6.45) is 2.42. The second kappa shape index (κ2) is 4.63. The number of carbonyl (C=O) groups excluding carboxylic acids is 1. The number of rotatable bonds is 1. The summed E-state index contributed by atoms with van der Waals surface area (Å²) in [7, 11) is 0. The van der Waals surface area contributed by atoms with Gasteiger partial charge in [-0.3, -0.25) is 4.79 Å². The zero-order valence-corrected chi connectivity index (χ0v) is 12.1. The fourth-order valence-electron chi connectivity index (χ4n) is 3.69. The van der Waals surface area contributed by atoms with Crippen LogP contribution in [0.15, 0.2) is 24.3 Å². The van der Waals surface area contributed by atoms with Crippen LogP contribution in [0, 0.1) is 28.6 Å². The zero-order valence-electron chi connectivity index (χ0n) is 12.1. The van der Waals surface area contributed by atoms with Crippen molar-refractivity contribution < 1.29 is 4.79 Å².